The fourth-order valence-electron chi connectivity index (χ4n) is 3.29. The maximum Gasteiger partial charge on any atom is 0.264 e. The Hall–Kier alpha value is -0.0331. The van der Waals surface area contributed by atoms with Gasteiger partial charge in [0.1, 0.15) is 6.79 Å². The molecule has 0 spiro atoms. The van der Waals surface area contributed by atoms with Crippen LogP contribution in [0.15, 0.2) is 0 Å². The van der Waals surface area contributed by atoms with Crippen LogP contribution in [0.3, 0.4) is 0 Å². The highest BCUT2D eigenvalue weighted by molar-refractivity contribution is 7.86. The maximum atomic E-state index is 11.6. The Bertz CT molecular complexity index is 559. The second-order valence-corrected chi connectivity index (χ2v) is 15.3. The van der Waals surface area contributed by atoms with Gasteiger partial charge in [-0.05, 0) is 37.9 Å². The molecule has 1 aliphatic rings. The second-order valence-electron chi connectivity index (χ2n) is 8.90. The lowest BCUT2D eigenvalue weighted by Gasteiger charge is -2.48. The molecule has 0 aliphatic heterocycles. The number of hydrogen-bond donors (Lipinski definition) is 0. The van der Waals surface area contributed by atoms with Crippen LogP contribution >= 0.6 is 0 Å². The van der Waals surface area contributed by atoms with Crippen LogP contribution in [0.4, 0.5) is 0 Å². The Morgan fingerprint density at radius 3 is 2.15 bits per heavy atom. The fraction of sp³-hybridized carbons (Fsp3) is 1.00. The predicted molar refractivity (Wildman–Crippen MR) is 108 cm³/mol. The van der Waals surface area contributed by atoms with Crippen LogP contribution in [0.2, 0.25) is 18.1 Å². The van der Waals surface area contributed by atoms with Crippen molar-refractivity contribution in [2.75, 3.05) is 27.3 Å². The van der Waals surface area contributed by atoms with Crippen molar-refractivity contribution in [2.45, 2.75) is 83.1 Å². The van der Waals surface area contributed by atoms with E-state index in [2.05, 4.69) is 33.9 Å². The number of ether oxygens (including phenoxy) is 3. The van der Waals surface area contributed by atoms with Gasteiger partial charge in [0, 0.05) is 20.1 Å². The van der Waals surface area contributed by atoms with Crippen LogP contribution in [0.1, 0.15) is 40.5 Å². The molecule has 1 fully saturated rings. The number of methoxy groups -OCH3 is 2. The molecular weight excluding hydrogens is 388 g/mol. The van der Waals surface area contributed by atoms with E-state index in [1.165, 1.54) is 0 Å². The van der Waals surface area contributed by atoms with E-state index in [4.69, 9.17) is 22.8 Å². The average molecular weight is 427 g/mol. The van der Waals surface area contributed by atoms with Crippen molar-refractivity contribution in [3.63, 3.8) is 0 Å². The molecule has 7 nitrogen and oxygen atoms in total. The van der Waals surface area contributed by atoms with E-state index in [-0.39, 0.29) is 36.1 Å². The largest absolute Gasteiger partial charge is 0.409 e. The average Bonchev–Trinajstić information content (AvgIpc) is 2.50. The summed E-state index contributed by atoms with van der Waals surface area (Å²) in [7, 11) is -2.43. The van der Waals surface area contributed by atoms with Crippen molar-refractivity contribution in [1.29, 1.82) is 0 Å². The van der Waals surface area contributed by atoms with E-state index in [0.29, 0.717) is 0 Å². The van der Waals surface area contributed by atoms with E-state index in [1.54, 1.807) is 21.1 Å². The van der Waals surface area contributed by atoms with Gasteiger partial charge in [0.25, 0.3) is 10.1 Å². The van der Waals surface area contributed by atoms with Gasteiger partial charge in [0.2, 0.25) is 0 Å². The topological polar surface area (TPSA) is 80.3 Å². The van der Waals surface area contributed by atoms with Crippen molar-refractivity contribution >= 4 is 18.4 Å². The minimum Gasteiger partial charge on any atom is -0.409 e. The van der Waals surface area contributed by atoms with Crippen molar-refractivity contribution in [3.05, 3.63) is 0 Å². The Kier molecular flexibility index (Phi) is 8.93. The van der Waals surface area contributed by atoms with Gasteiger partial charge in [-0.3, -0.25) is 4.18 Å². The minimum absolute atomic E-state index is 0.0267. The molecule has 0 bridgehead atoms. The van der Waals surface area contributed by atoms with Gasteiger partial charge in [-0.15, -0.1) is 0 Å². The van der Waals surface area contributed by atoms with Gasteiger partial charge in [-0.1, -0.05) is 20.8 Å². The first-order valence-electron chi connectivity index (χ1n) is 9.43. The molecule has 0 saturated heterocycles. The Balaban J connectivity index is 3.13. The molecule has 5 atom stereocenters. The molecule has 0 radical (unpaired) electrons. The summed E-state index contributed by atoms with van der Waals surface area (Å²) in [6.45, 7) is 12.9. The quantitative estimate of drug-likeness (QED) is 0.318. The number of rotatable bonds is 9. The molecule has 27 heavy (non-hydrogen) atoms. The van der Waals surface area contributed by atoms with E-state index >= 15 is 0 Å². The molecule has 0 N–H and O–H groups in total. The van der Waals surface area contributed by atoms with E-state index in [1.807, 2.05) is 0 Å². The summed E-state index contributed by atoms with van der Waals surface area (Å²) < 4.78 is 52.0. The highest BCUT2D eigenvalue weighted by Crippen LogP contribution is 2.42. The van der Waals surface area contributed by atoms with Crippen molar-refractivity contribution in [2.24, 2.45) is 5.92 Å². The third-order valence-corrected chi connectivity index (χ3v) is 10.9. The maximum absolute atomic E-state index is 11.6. The SMILES string of the molecule is COCO[C@H]1CC[C@H](C(C)OS(C)(=O)=O)[C@@H](OC)[C@@H]1O[Si](C)(C)C(C)(C)C. The Morgan fingerprint density at radius 1 is 1.11 bits per heavy atom. The van der Waals surface area contributed by atoms with Crippen LogP contribution < -0.4 is 0 Å². The predicted octanol–water partition coefficient (Wildman–Crippen LogP) is 3.16. The molecule has 0 aromatic heterocycles. The Labute approximate surface area is 166 Å². The summed E-state index contributed by atoms with van der Waals surface area (Å²) in [5.41, 5.74) is 0. The first-order chi connectivity index (χ1) is 12.2. The third kappa shape index (κ3) is 7.06. The molecule has 0 aromatic carbocycles. The molecule has 9 heteroatoms. The lowest BCUT2D eigenvalue weighted by Crippen LogP contribution is -2.58. The van der Waals surface area contributed by atoms with Gasteiger partial charge in [0.05, 0.1) is 30.7 Å². The first kappa shape index (κ1) is 25.0. The zero-order chi connectivity index (χ0) is 21.0. The molecule has 0 aromatic rings. The second kappa shape index (κ2) is 9.64. The van der Waals surface area contributed by atoms with E-state index in [0.717, 1.165) is 19.1 Å². The number of hydrogen-bond acceptors (Lipinski definition) is 7. The van der Waals surface area contributed by atoms with Crippen LogP contribution in [0.25, 0.3) is 0 Å². The third-order valence-electron chi connectivity index (χ3n) is 5.74. The molecule has 1 saturated carbocycles. The summed E-state index contributed by atoms with van der Waals surface area (Å²) in [4.78, 5) is 0. The van der Waals surface area contributed by atoms with Crippen LogP contribution in [0, 0.1) is 5.92 Å². The normalized spacial score (nSPS) is 28.9. The van der Waals surface area contributed by atoms with Gasteiger partial charge in [0.15, 0.2) is 8.32 Å². The molecule has 0 amide bonds. The van der Waals surface area contributed by atoms with Crippen molar-refractivity contribution < 1.29 is 31.2 Å². The summed E-state index contributed by atoms with van der Waals surface area (Å²) in [5.74, 6) is -0.109. The summed E-state index contributed by atoms with van der Waals surface area (Å²) in [6, 6.07) is 0. The van der Waals surface area contributed by atoms with E-state index < -0.39 is 24.5 Å². The van der Waals surface area contributed by atoms with E-state index in [9.17, 15) is 8.42 Å². The molecule has 1 rings (SSSR count). The van der Waals surface area contributed by atoms with Gasteiger partial charge < -0.3 is 18.6 Å². The highest BCUT2D eigenvalue weighted by Gasteiger charge is 2.49. The van der Waals surface area contributed by atoms with Crippen molar-refractivity contribution in [3.8, 4) is 0 Å². The first-order valence-corrected chi connectivity index (χ1v) is 14.2. The monoisotopic (exact) mass is 426 g/mol. The fourth-order valence-corrected chi connectivity index (χ4v) is 5.31. The lowest BCUT2D eigenvalue weighted by molar-refractivity contribution is -0.177. The standard InChI is InChI=1S/C18H38O7SSi/c1-13(24-26(7,19)20)14-10-11-15(23-12-21-5)17(16(14)22-6)25-27(8,9)18(2,3)4/h13-17H,10-12H2,1-9H3/t13?,14-,15+,16-,17-/m1/s1. The van der Waals surface area contributed by atoms with Gasteiger partial charge in [-0.2, -0.15) is 8.42 Å². The molecule has 0 heterocycles. The summed E-state index contributed by atoms with van der Waals surface area (Å²) >= 11 is 0. The van der Waals surface area contributed by atoms with Crippen LogP contribution in [0.5, 0.6) is 0 Å². The van der Waals surface area contributed by atoms with Crippen molar-refractivity contribution in [1.82, 2.24) is 0 Å². The van der Waals surface area contributed by atoms with Crippen LogP contribution in [-0.2, 0) is 32.9 Å². The highest BCUT2D eigenvalue weighted by atomic mass is 32.2. The smallest absolute Gasteiger partial charge is 0.264 e. The molecule has 1 unspecified atom stereocenters. The molecular formula is C18H38O7SSi. The van der Waals surface area contributed by atoms with Crippen LogP contribution in [-0.4, -0.2) is 68.4 Å². The molecule has 1 aliphatic carbocycles. The van der Waals surface area contributed by atoms with Gasteiger partial charge >= 0.3 is 0 Å². The molecule has 162 valence electrons. The summed E-state index contributed by atoms with van der Waals surface area (Å²) in [6.07, 6.45) is 1.21. The summed E-state index contributed by atoms with van der Waals surface area (Å²) in [5, 5.41) is 0.0267. The van der Waals surface area contributed by atoms with Gasteiger partial charge in [-0.25, -0.2) is 0 Å². The Morgan fingerprint density at radius 2 is 1.70 bits per heavy atom. The lowest BCUT2D eigenvalue weighted by atomic mass is 9.79. The zero-order valence-electron chi connectivity index (χ0n) is 18.3. The zero-order valence-corrected chi connectivity index (χ0v) is 20.1. The minimum atomic E-state index is -3.55.